The van der Waals surface area contributed by atoms with E-state index in [1.807, 2.05) is 37.0 Å². The van der Waals surface area contributed by atoms with Gasteiger partial charge in [0.2, 0.25) is 0 Å². The molecule has 5 heteroatoms. The number of carbonyl (C=O) groups is 1. The van der Waals surface area contributed by atoms with Gasteiger partial charge in [-0.05, 0) is 65.0 Å². The zero-order valence-corrected chi connectivity index (χ0v) is 15.8. The molecule has 2 heterocycles. The third-order valence-corrected chi connectivity index (χ3v) is 5.82. The van der Waals surface area contributed by atoms with Crippen LogP contribution in [0, 0.1) is 25.7 Å². The molecule has 0 aromatic carbocycles. The van der Waals surface area contributed by atoms with E-state index in [9.17, 15) is 4.79 Å². The number of piperidine rings is 1. The predicted octanol–water partition coefficient (Wildman–Crippen LogP) is 3.88. The van der Waals surface area contributed by atoms with Crippen LogP contribution in [0.15, 0.2) is 6.07 Å². The molecule has 128 valence electrons. The normalized spacial score (nSPS) is 27.7. The minimum atomic E-state index is -0.412. The smallest absolute Gasteiger partial charge is 0.410 e. The maximum atomic E-state index is 12.1. The van der Waals surface area contributed by atoms with E-state index < -0.39 is 5.60 Å². The van der Waals surface area contributed by atoms with Crippen LogP contribution in [0.4, 0.5) is 4.79 Å². The summed E-state index contributed by atoms with van der Waals surface area (Å²) in [5.41, 5.74) is 1.01. The lowest BCUT2D eigenvalue weighted by atomic mass is 10.1. The van der Waals surface area contributed by atoms with Crippen LogP contribution >= 0.6 is 11.3 Å². The van der Waals surface area contributed by atoms with Crippen LogP contribution in [0.25, 0.3) is 0 Å². The second kappa shape index (κ2) is 5.78. The maximum Gasteiger partial charge on any atom is 0.410 e. The molecule has 2 aliphatic rings. The van der Waals surface area contributed by atoms with Crippen LogP contribution in [0.5, 0.6) is 0 Å². The first-order chi connectivity index (χ1) is 10.7. The van der Waals surface area contributed by atoms with Gasteiger partial charge < -0.3 is 15.0 Å². The molecule has 1 aliphatic heterocycles. The molecule has 1 aliphatic carbocycles. The Bertz CT molecular complexity index is 593. The summed E-state index contributed by atoms with van der Waals surface area (Å²) < 4.78 is 5.46. The number of amides is 1. The Morgan fingerprint density at radius 1 is 1.35 bits per heavy atom. The van der Waals surface area contributed by atoms with E-state index in [4.69, 9.17) is 4.74 Å². The fourth-order valence-electron chi connectivity index (χ4n) is 3.71. The van der Waals surface area contributed by atoms with E-state index in [0.717, 1.165) is 13.1 Å². The molecule has 4 nitrogen and oxygen atoms in total. The largest absolute Gasteiger partial charge is 0.444 e. The summed E-state index contributed by atoms with van der Waals surface area (Å²) in [4.78, 5) is 16.8. The first kappa shape index (κ1) is 16.8. The van der Waals surface area contributed by atoms with Crippen molar-refractivity contribution in [1.29, 1.82) is 0 Å². The minimum absolute atomic E-state index is 0.166. The van der Waals surface area contributed by atoms with Crippen molar-refractivity contribution in [2.24, 2.45) is 11.8 Å². The van der Waals surface area contributed by atoms with Gasteiger partial charge in [-0.1, -0.05) is 0 Å². The van der Waals surface area contributed by atoms with Crippen LogP contribution in [0.3, 0.4) is 0 Å². The van der Waals surface area contributed by atoms with E-state index >= 15 is 0 Å². The van der Waals surface area contributed by atoms with Crippen LogP contribution in [-0.2, 0) is 4.74 Å². The van der Waals surface area contributed by atoms with Gasteiger partial charge in [-0.15, -0.1) is 11.3 Å². The third-order valence-electron chi connectivity index (χ3n) is 4.83. The topological polar surface area (TPSA) is 41.6 Å². The maximum absolute atomic E-state index is 12.1. The Kier molecular flexibility index (Phi) is 4.21. The highest BCUT2D eigenvalue weighted by Crippen LogP contribution is 2.47. The summed E-state index contributed by atoms with van der Waals surface area (Å²) in [6, 6.07) is 3.22. The molecule has 0 bridgehead atoms. The fraction of sp³-hybridized carbons (Fsp3) is 0.722. The number of fused-ring (bicyclic) bond motifs is 1. The van der Waals surface area contributed by atoms with Crippen molar-refractivity contribution >= 4 is 17.4 Å². The number of hydrogen-bond donors (Lipinski definition) is 1. The van der Waals surface area contributed by atoms with Gasteiger partial charge in [-0.3, -0.25) is 0 Å². The molecule has 1 saturated carbocycles. The highest BCUT2D eigenvalue weighted by molar-refractivity contribution is 7.12. The van der Waals surface area contributed by atoms with Crippen molar-refractivity contribution in [3.8, 4) is 0 Å². The first-order valence-electron chi connectivity index (χ1n) is 8.46. The average Bonchev–Trinajstić information content (AvgIpc) is 2.77. The molecule has 3 rings (SSSR count). The molecule has 23 heavy (non-hydrogen) atoms. The number of rotatable bonds is 3. The Balaban J connectivity index is 1.51. The van der Waals surface area contributed by atoms with E-state index in [2.05, 4.69) is 32.2 Å². The van der Waals surface area contributed by atoms with E-state index in [0.29, 0.717) is 23.9 Å². The van der Waals surface area contributed by atoms with Crippen molar-refractivity contribution in [2.75, 3.05) is 13.1 Å². The molecular weight excluding hydrogens is 308 g/mol. The zero-order valence-electron chi connectivity index (χ0n) is 15.0. The summed E-state index contributed by atoms with van der Waals surface area (Å²) in [6.45, 7) is 14.0. The number of aryl methyl sites for hydroxylation is 2. The van der Waals surface area contributed by atoms with Crippen LogP contribution < -0.4 is 5.32 Å². The number of nitrogens with zero attached hydrogens (tertiary/aromatic N) is 1. The second-order valence-corrected chi connectivity index (χ2v) is 9.46. The lowest BCUT2D eigenvalue weighted by Crippen LogP contribution is -2.39. The molecule has 3 unspecified atom stereocenters. The standard InChI is InChI=1S/C18H28N2O2S/c1-10-7-13(12(3)23-10)11(2)19-16-14-8-20(9-15(14)16)17(21)22-18(4,5)6/h7,11,14-16,19H,8-9H2,1-6H3. The van der Waals surface area contributed by atoms with Gasteiger partial charge >= 0.3 is 6.09 Å². The zero-order chi connectivity index (χ0) is 16.9. The summed E-state index contributed by atoms with van der Waals surface area (Å²) in [5.74, 6) is 1.18. The first-order valence-corrected chi connectivity index (χ1v) is 9.28. The van der Waals surface area contributed by atoms with E-state index in [-0.39, 0.29) is 6.09 Å². The third kappa shape index (κ3) is 3.56. The number of nitrogens with one attached hydrogen (secondary N) is 1. The van der Waals surface area contributed by atoms with Gasteiger partial charge in [0, 0.05) is 34.9 Å². The molecule has 1 N–H and O–H groups in total. The van der Waals surface area contributed by atoms with Crippen molar-refractivity contribution in [3.05, 3.63) is 21.4 Å². The molecule has 2 fully saturated rings. The van der Waals surface area contributed by atoms with Crippen molar-refractivity contribution in [3.63, 3.8) is 0 Å². The van der Waals surface area contributed by atoms with Gasteiger partial charge in [-0.2, -0.15) is 0 Å². The SMILES string of the molecule is Cc1cc(C(C)NC2C3CN(C(=O)OC(C)(C)C)CC32)c(C)s1. The van der Waals surface area contributed by atoms with Crippen molar-refractivity contribution < 1.29 is 9.53 Å². The number of thiophene rings is 1. The molecule has 0 radical (unpaired) electrons. The lowest BCUT2D eigenvalue weighted by molar-refractivity contribution is 0.0269. The van der Waals surface area contributed by atoms with Crippen LogP contribution in [0.2, 0.25) is 0 Å². The fourth-order valence-corrected chi connectivity index (χ4v) is 4.73. The summed E-state index contributed by atoms with van der Waals surface area (Å²) in [5, 5.41) is 3.76. The van der Waals surface area contributed by atoms with Gasteiger partial charge in [0.15, 0.2) is 0 Å². The molecule has 1 aromatic heterocycles. The Hall–Kier alpha value is -1.07. The van der Waals surface area contributed by atoms with Gasteiger partial charge in [0.05, 0.1) is 0 Å². The summed E-state index contributed by atoms with van der Waals surface area (Å²) >= 11 is 1.87. The molecule has 1 saturated heterocycles. The van der Waals surface area contributed by atoms with Gasteiger partial charge in [0.1, 0.15) is 5.60 Å². The van der Waals surface area contributed by atoms with Gasteiger partial charge in [-0.25, -0.2) is 4.79 Å². The monoisotopic (exact) mass is 336 g/mol. The highest BCUT2D eigenvalue weighted by atomic mass is 32.1. The second-order valence-electron chi connectivity index (χ2n) is 8.00. The lowest BCUT2D eigenvalue weighted by Gasteiger charge is -2.26. The Labute approximate surface area is 143 Å². The number of ether oxygens (including phenoxy) is 1. The van der Waals surface area contributed by atoms with E-state index in [1.54, 1.807) is 0 Å². The van der Waals surface area contributed by atoms with E-state index in [1.165, 1.54) is 15.3 Å². The van der Waals surface area contributed by atoms with Crippen LogP contribution in [-0.4, -0.2) is 35.7 Å². The van der Waals surface area contributed by atoms with Crippen molar-refractivity contribution in [2.45, 2.75) is 59.2 Å². The highest BCUT2D eigenvalue weighted by Gasteiger charge is 2.57. The Morgan fingerprint density at radius 3 is 2.43 bits per heavy atom. The average molecular weight is 337 g/mol. The molecule has 1 aromatic rings. The summed E-state index contributed by atoms with van der Waals surface area (Å²) in [6.07, 6.45) is -0.166. The minimum Gasteiger partial charge on any atom is -0.444 e. The number of carbonyl (C=O) groups excluding carboxylic acids is 1. The Morgan fingerprint density at radius 2 is 1.96 bits per heavy atom. The molecular formula is C18H28N2O2S. The predicted molar refractivity (Wildman–Crippen MR) is 93.9 cm³/mol. The van der Waals surface area contributed by atoms with Gasteiger partial charge in [0.25, 0.3) is 0 Å². The quantitative estimate of drug-likeness (QED) is 0.911. The molecule has 1 amide bonds. The summed E-state index contributed by atoms with van der Waals surface area (Å²) in [7, 11) is 0. The number of likely N-dealkylation sites (tertiary alicyclic amines) is 1. The molecule has 3 atom stereocenters. The van der Waals surface area contributed by atoms with Crippen LogP contribution in [0.1, 0.15) is 49.1 Å². The number of hydrogen-bond acceptors (Lipinski definition) is 4. The molecule has 0 spiro atoms. The van der Waals surface area contributed by atoms with Crippen molar-refractivity contribution in [1.82, 2.24) is 10.2 Å².